The van der Waals surface area contributed by atoms with E-state index in [1.54, 1.807) is 18.2 Å². The molecule has 2 aromatic rings. The second-order valence-electron chi connectivity index (χ2n) is 6.84. The first kappa shape index (κ1) is 17.8. The van der Waals surface area contributed by atoms with Crippen molar-refractivity contribution in [2.24, 2.45) is 5.92 Å². The Morgan fingerprint density at radius 3 is 2.63 bits per heavy atom. The minimum absolute atomic E-state index is 0.0666. The van der Waals surface area contributed by atoms with Crippen LogP contribution in [0.1, 0.15) is 29.0 Å². The Balaban J connectivity index is 1.49. The number of alkyl halides is 3. The number of benzene rings is 1. The predicted molar refractivity (Wildman–Crippen MR) is 88.4 cm³/mol. The highest BCUT2D eigenvalue weighted by Crippen LogP contribution is 2.33. The number of halogens is 3. The van der Waals surface area contributed by atoms with E-state index >= 15 is 0 Å². The first-order valence-electron chi connectivity index (χ1n) is 8.74. The van der Waals surface area contributed by atoms with Crippen LogP contribution in [-0.4, -0.2) is 41.6 Å². The SMILES string of the molecule is O=C(N[C@H]1CN2CCC1CC2)c1ccccc1Oc1cc(C(F)(F)F)on1. The van der Waals surface area contributed by atoms with Crippen molar-refractivity contribution in [3.8, 4) is 11.6 Å². The number of hydrogen-bond acceptors (Lipinski definition) is 5. The van der Waals surface area contributed by atoms with E-state index in [9.17, 15) is 18.0 Å². The number of amides is 1. The topological polar surface area (TPSA) is 67.6 Å². The number of aromatic nitrogens is 1. The number of rotatable bonds is 4. The first-order chi connectivity index (χ1) is 12.9. The van der Waals surface area contributed by atoms with Crippen molar-refractivity contribution in [3.05, 3.63) is 41.7 Å². The third kappa shape index (κ3) is 3.78. The van der Waals surface area contributed by atoms with E-state index in [0.717, 1.165) is 32.5 Å². The second-order valence-corrected chi connectivity index (χ2v) is 6.84. The molecule has 3 saturated heterocycles. The Kier molecular flexibility index (Phi) is 4.55. The van der Waals surface area contributed by atoms with Crippen LogP contribution in [0.2, 0.25) is 0 Å². The average Bonchev–Trinajstić information content (AvgIpc) is 3.12. The predicted octanol–water partition coefficient (Wildman–Crippen LogP) is 3.31. The lowest BCUT2D eigenvalue weighted by molar-refractivity contribution is -0.155. The van der Waals surface area contributed by atoms with E-state index in [1.165, 1.54) is 6.07 Å². The fourth-order valence-corrected chi connectivity index (χ4v) is 3.67. The molecule has 27 heavy (non-hydrogen) atoms. The summed E-state index contributed by atoms with van der Waals surface area (Å²) in [5.74, 6) is -1.35. The van der Waals surface area contributed by atoms with E-state index in [-0.39, 0.29) is 29.1 Å². The van der Waals surface area contributed by atoms with Crippen LogP contribution in [0.15, 0.2) is 34.9 Å². The highest BCUT2D eigenvalue weighted by Gasteiger charge is 2.37. The number of nitrogens with one attached hydrogen (secondary N) is 1. The van der Waals surface area contributed by atoms with Crippen molar-refractivity contribution in [1.29, 1.82) is 0 Å². The normalized spacial score (nSPS) is 24.6. The van der Waals surface area contributed by atoms with Crippen molar-refractivity contribution < 1.29 is 27.2 Å². The van der Waals surface area contributed by atoms with Crippen LogP contribution in [0.25, 0.3) is 0 Å². The smallest absolute Gasteiger partial charge is 0.436 e. The molecule has 1 aromatic heterocycles. The van der Waals surface area contributed by atoms with Crippen LogP contribution in [-0.2, 0) is 6.18 Å². The molecule has 0 radical (unpaired) electrons. The third-order valence-electron chi connectivity index (χ3n) is 5.09. The van der Waals surface area contributed by atoms with Gasteiger partial charge in [-0.1, -0.05) is 12.1 Å². The van der Waals surface area contributed by atoms with Gasteiger partial charge in [0.25, 0.3) is 11.8 Å². The zero-order valence-corrected chi connectivity index (χ0v) is 14.3. The molecule has 5 rings (SSSR count). The molecule has 3 aliphatic rings. The van der Waals surface area contributed by atoms with Gasteiger partial charge < -0.3 is 19.5 Å². The lowest BCUT2D eigenvalue weighted by atomic mass is 9.84. The van der Waals surface area contributed by atoms with Crippen LogP contribution in [0, 0.1) is 5.92 Å². The van der Waals surface area contributed by atoms with Crippen LogP contribution in [0.3, 0.4) is 0 Å². The Labute approximate surface area is 153 Å². The first-order valence-corrected chi connectivity index (χ1v) is 8.74. The number of carbonyl (C=O) groups is 1. The fourth-order valence-electron chi connectivity index (χ4n) is 3.67. The molecule has 0 aliphatic carbocycles. The largest absolute Gasteiger partial charge is 0.452 e. The Morgan fingerprint density at radius 1 is 1.26 bits per heavy atom. The van der Waals surface area contributed by atoms with Gasteiger partial charge in [-0.3, -0.25) is 4.79 Å². The molecule has 3 aliphatic heterocycles. The maximum Gasteiger partial charge on any atom is 0.452 e. The summed E-state index contributed by atoms with van der Waals surface area (Å²) in [6, 6.07) is 7.09. The van der Waals surface area contributed by atoms with E-state index < -0.39 is 11.9 Å². The summed E-state index contributed by atoms with van der Waals surface area (Å²) in [5.41, 5.74) is 0.241. The van der Waals surface area contributed by atoms with Crippen molar-refractivity contribution in [2.75, 3.05) is 19.6 Å². The molecule has 4 heterocycles. The van der Waals surface area contributed by atoms with E-state index in [4.69, 9.17) is 4.74 Å². The van der Waals surface area contributed by atoms with Crippen LogP contribution in [0.4, 0.5) is 13.2 Å². The zero-order valence-electron chi connectivity index (χ0n) is 14.3. The third-order valence-corrected chi connectivity index (χ3v) is 5.09. The monoisotopic (exact) mass is 381 g/mol. The second kappa shape index (κ2) is 6.88. The van der Waals surface area contributed by atoms with Gasteiger partial charge in [-0.2, -0.15) is 13.2 Å². The van der Waals surface area contributed by atoms with Gasteiger partial charge in [0.2, 0.25) is 5.76 Å². The number of ether oxygens (including phenoxy) is 1. The number of fused-ring (bicyclic) bond motifs is 3. The Morgan fingerprint density at radius 2 is 2.00 bits per heavy atom. The maximum absolute atomic E-state index is 12.7. The summed E-state index contributed by atoms with van der Waals surface area (Å²) < 4.78 is 47.5. The molecule has 0 spiro atoms. The van der Waals surface area contributed by atoms with Gasteiger partial charge in [-0.05, 0) is 49.1 Å². The highest BCUT2D eigenvalue weighted by molar-refractivity contribution is 5.97. The maximum atomic E-state index is 12.7. The Hall–Kier alpha value is -2.55. The van der Waals surface area contributed by atoms with Crippen LogP contribution < -0.4 is 10.1 Å². The van der Waals surface area contributed by atoms with Crippen LogP contribution in [0.5, 0.6) is 11.6 Å². The van der Waals surface area contributed by atoms with Gasteiger partial charge in [0.15, 0.2) is 0 Å². The molecule has 9 heteroatoms. The molecule has 2 bridgehead atoms. The quantitative estimate of drug-likeness (QED) is 0.880. The van der Waals surface area contributed by atoms with E-state index in [0.29, 0.717) is 12.0 Å². The molecule has 1 aromatic carbocycles. The molecule has 3 fully saturated rings. The van der Waals surface area contributed by atoms with Gasteiger partial charge in [-0.15, -0.1) is 0 Å². The molecule has 1 N–H and O–H groups in total. The van der Waals surface area contributed by atoms with Gasteiger partial charge >= 0.3 is 6.18 Å². The number of carbonyl (C=O) groups excluding carboxylic acids is 1. The molecule has 1 atom stereocenters. The van der Waals surface area contributed by atoms with Gasteiger partial charge in [0.1, 0.15) is 5.75 Å². The average molecular weight is 381 g/mol. The minimum Gasteiger partial charge on any atom is -0.436 e. The number of para-hydroxylation sites is 1. The van der Waals surface area contributed by atoms with Crippen molar-refractivity contribution in [1.82, 2.24) is 15.4 Å². The summed E-state index contributed by atoms with van der Waals surface area (Å²) in [5, 5.41) is 6.31. The zero-order chi connectivity index (χ0) is 19.0. The molecule has 144 valence electrons. The Bertz CT molecular complexity index is 828. The lowest BCUT2D eigenvalue weighted by Crippen LogP contribution is -2.57. The number of nitrogens with zero attached hydrogens (tertiary/aromatic N) is 2. The number of hydrogen-bond donors (Lipinski definition) is 1. The fraction of sp³-hybridized carbons (Fsp3) is 0.444. The molecular formula is C18H18F3N3O3. The lowest BCUT2D eigenvalue weighted by Gasteiger charge is -2.44. The summed E-state index contributed by atoms with van der Waals surface area (Å²) in [4.78, 5) is 15.1. The molecule has 0 saturated carbocycles. The van der Waals surface area contributed by atoms with Gasteiger partial charge in [0.05, 0.1) is 11.6 Å². The molecule has 0 unspecified atom stereocenters. The summed E-state index contributed by atoms with van der Waals surface area (Å²) in [6.45, 7) is 2.94. The number of piperidine rings is 3. The van der Waals surface area contributed by atoms with Crippen molar-refractivity contribution in [2.45, 2.75) is 25.1 Å². The standard InChI is InChI=1S/C18H18F3N3O3/c19-18(20,21)15-9-16(23-27-15)26-14-4-2-1-3-12(14)17(25)22-13-10-24-7-5-11(13)6-8-24/h1-4,9,11,13H,5-8,10H2,(H,22,25)/t13-/m0/s1. The molecule has 1 amide bonds. The summed E-state index contributed by atoms with van der Waals surface area (Å²) in [6.07, 6.45) is -2.54. The van der Waals surface area contributed by atoms with Crippen molar-refractivity contribution in [3.63, 3.8) is 0 Å². The van der Waals surface area contributed by atoms with Gasteiger partial charge in [0, 0.05) is 12.6 Å². The van der Waals surface area contributed by atoms with Crippen molar-refractivity contribution >= 4 is 5.91 Å². The van der Waals surface area contributed by atoms with E-state index in [1.807, 2.05) is 0 Å². The minimum atomic E-state index is -4.65. The van der Waals surface area contributed by atoms with Gasteiger partial charge in [-0.25, -0.2) is 0 Å². The summed E-state index contributed by atoms with van der Waals surface area (Å²) >= 11 is 0. The van der Waals surface area contributed by atoms with E-state index in [2.05, 4.69) is 19.9 Å². The summed E-state index contributed by atoms with van der Waals surface area (Å²) in [7, 11) is 0. The molecule has 6 nitrogen and oxygen atoms in total. The highest BCUT2D eigenvalue weighted by atomic mass is 19.4. The molecular weight excluding hydrogens is 363 g/mol. The van der Waals surface area contributed by atoms with Crippen LogP contribution >= 0.6 is 0 Å².